The number of carbonyl (C=O) groups is 1. The summed E-state index contributed by atoms with van der Waals surface area (Å²) in [5, 5.41) is 7.71. The first-order valence-electron chi connectivity index (χ1n) is 9.36. The molecule has 0 bridgehead atoms. The summed E-state index contributed by atoms with van der Waals surface area (Å²) >= 11 is 0. The Balaban J connectivity index is 1.73. The minimum absolute atomic E-state index is 0.0541. The first kappa shape index (κ1) is 19.8. The van der Waals surface area contributed by atoms with Gasteiger partial charge in [-0.2, -0.15) is 0 Å². The van der Waals surface area contributed by atoms with Crippen molar-refractivity contribution in [3.63, 3.8) is 0 Å². The van der Waals surface area contributed by atoms with Gasteiger partial charge < -0.3 is 5.32 Å². The molecule has 0 saturated heterocycles. The van der Waals surface area contributed by atoms with E-state index in [2.05, 4.69) is 15.4 Å². The smallest absolute Gasteiger partial charge is 0.284 e. The van der Waals surface area contributed by atoms with Crippen LogP contribution in [0.3, 0.4) is 0 Å². The summed E-state index contributed by atoms with van der Waals surface area (Å²) in [5.41, 5.74) is 3.56. The van der Waals surface area contributed by atoms with Crippen LogP contribution in [0.25, 0.3) is 0 Å². The molecule has 0 unspecified atom stereocenters. The third kappa shape index (κ3) is 3.57. The van der Waals surface area contributed by atoms with E-state index in [0.29, 0.717) is 5.69 Å². The van der Waals surface area contributed by atoms with E-state index in [0.717, 1.165) is 16.7 Å². The van der Waals surface area contributed by atoms with E-state index < -0.39 is 20.8 Å². The highest BCUT2D eigenvalue weighted by Gasteiger charge is 2.38. The quantitative estimate of drug-likeness (QED) is 0.700. The number of rotatable bonds is 4. The Morgan fingerprint density at radius 2 is 1.73 bits per heavy atom. The average Bonchev–Trinajstić information content (AvgIpc) is 2.74. The Labute approximate surface area is 175 Å². The summed E-state index contributed by atoms with van der Waals surface area (Å²) in [4.78, 5) is 17.0. The summed E-state index contributed by atoms with van der Waals surface area (Å²) in [6.45, 7) is 4.08. The van der Waals surface area contributed by atoms with Crippen LogP contribution in [0, 0.1) is 13.8 Å². The van der Waals surface area contributed by atoms with Crippen molar-refractivity contribution in [3.05, 3.63) is 83.6 Å². The van der Waals surface area contributed by atoms with Crippen LogP contribution in [0.5, 0.6) is 0 Å². The van der Waals surface area contributed by atoms with E-state index in [-0.39, 0.29) is 17.3 Å². The Hall–Kier alpha value is -3.52. The summed E-state index contributed by atoms with van der Waals surface area (Å²) in [5.74, 6) is -0.596. The maximum Gasteiger partial charge on any atom is 0.284 e. The van der Waals surface area contributed by atoms with Gasteiger partial charge in [0.15, 0.2) is 5.82 Å². The maximum atomic E-state index is 13.1. The van der Waals surface area contributed by atoms with Gasteiger partial charge in [0, 0.05) is 12.7 Å². The van der Waals surface area contributed by atoms with Gasteiger partial charge in [0.2, 0.25) is 14.9 Å². The molecule has 1 N–H and O–H groups in total. The van der Waals surface area contributed by atoms with Crippen LogP contribution in [0.1, 0.15) is 16.7 Å². The minimum Gasteiger partial charge on any atom is -0.346 e. The SMILES string of the molecule is Cc1ccc(N2N=C(C(=O)NCc3ccccc3C)S(=O)(=O)c3cccnc32)cc1. The van der Waals surface area contributed by atoms with Crippen molar-refractivity contribution in [3.8, 4) is 0 Å². The largest absolute Gasteiger partial charge is 0.346 e. The van der Waals surface area contributed by atoms with E-state index in [1.54, 1.807) is 12.1 Å². The number of aryl methyl sites for hydroxylation is 2. The molecule has 0 aliphatic carbocycles. The average molecular weight is 420 g/mol. The molecule has 0 fully saturated rings. The first-order valence-corrected chi connectivity index (χ1v) is 10.8. The Bertz CT molecular complexity index is 1250. The Kier molecular flexibility index (Phi) is 5.09. The molecule has 1 amide bonds. The predicted octanol–water partition coefficient (Wildman–Crippen LogP) is 3.25. The van der Waals surface area contributed by atoms with Crippen LogP contribution in [0.15, 0.2) is 76.9 Å². The lowest BCUT2D eigenvalue weighted by molar-refractivity contribution is -0.114. The van der Waals surface area contributed by atoms with Crippen LogP contribution in [-0.4, -0.2) is 24.4 Å². The normalized spacial score (nSPS) is 14.6. The molecule has 0 saturated carbocycles. The monoisotopic (exact) mass is 420 g/mol. The van der Waals surface area contributed by atoms with Crippen LogP contribution in [-0.2, 0) is 21.2 Å². The fourth-order valence-electron chi connectivity index (χ4n) is 3.14. The zero-order valence-electron chi connectivity index (χ0n) is 16.5. The zero-order chi connectivity index (χ0) is 21.3. The highest BCUT2D eigenvalue weighted by molar-refractivity contribution is 8.08. The van der Waals surface area contributed by atoms with Crippen molar-refractivity contribution in [2.75, 3.05) is 5.01 Å². The third-order valence-electron chi connectivity index (χ3n) is 4.86. The fourth-order valence-corrected chi connectivity index (χ4v) is 4.49. The number of pyridine rings is 1. The molecule has 0 radical (unpaired) electrons. The number of aromatic nitrogens is 1. The van der Waals surface area contributed by atoms with Gasteiger partial charge in [-0.05, 0) is 49.2 Å². The first-order chi connectivity index (χ1) is 14.4. The van der Waals surface area contributed by atoms with E-state index in [1.165, 1.54) is 23.3 Å². The number of fused-ring (bicyclic) bond motifs is 1. The number of amides is 1. The standard InChI is InChI=1S/C22H20N4O3S/c1-15-9-11-18(12-10-15)26-20-19(8-5-13-23-20)30(28,29)22(25-26)21(27)24-14-17-7-4-3-6-16(17)2/h3-13H,14H2,1-2H3,(H,24,27). The molecule has 1 aliphatic heterocycles. The van der Waals surface area contributed by atoms with Crippen LogP contribution in [0.4, 0.5) is 11.5 Å². The van der Waals surface area contributed by atoms with Crippen molar-refractivity contribution >= 4 is 32.3 Å². The second-order valence-electron chi connectivity index (χ2n) is 6.99. The van der Waals surface area contributed by atoms with Crippen molar-refractivity contribution in [2.45, 2.75) is 25.3 Å². The molecule has 30 heavy (non-hydrogen) atoms. The lowest BCUT2D eigenvalue weighted by Gasteiger charge is -2.26. The van der Waals surface area contributed by atoms with Crippen molar-refractivity contribution in [2.24, 2.45) is 5.10 Å². The van der Waals surface area contributed by atoms with Crippen LogP contribution in [0.2, 0.25) is 0 Å². The number of nitrogens with one attached hydrogen (secondary N) is 1. The van der Waals surface area contributed by atoms with E-state index in [9.17, 15) is 13.2 Å². The molecule has 8 heteroatoms. The molecule has 152 valence electrons. The van der Waals surface area contributed by atoms with E-state index in [4.69, 9.17) is 0 Å². The summed E-state index contributed by atoms with van der Waals surface area (Å²) < 4.78 is 26.2. The predicted molar refractivity (Wildman–Crippen MR) is 115 cm³/mol. The highest BCUT2D eigenvalue weighted by Crippen LogP contribution is 2.35. The number of carbonyl (C=O) groups excluding carboxylic acids is 1. The third-order valence-corrected chi connectivity index (χ3v) is 6.53. The maximum absolute atomic E-state index is 13.1. The van der Waals surface area contributed by atoms with Crippen LogP contribution >= 0.6 is 0 Å². The number of anilines is 2. The van der Waals surface area contributed by atoms with Crippen molar-refractivity contribution < 1.29 is 13.2 Å². The van der Waals surface area contributed by atoms with Crippen molar-refractivity contribution in [1.82, 2.24) is 10.3 Å². The van der Waals surface area contributed by atoms with Gasteiger partial charge >= 0.3 is 0 Å². The molecule has 2 heterocycles. The van der Waals surface area contributed by atoms with E-state index >= 15 is 0 Å². The highest BCUT2D eigenvalue weighted by atomic mass is 32.2. The van der Waals surface area contributed by atoms with Gasteiger partial charge in [-0.1, -0.05) is 42.0 Å². The van der Waals surface area contributed by atoms with Crippen molar-refractivity contribution in [1.29, 1.82) is 0 Å². The van der Waals surface area contributed by atoms with Crippen LogP contribution < -0.4 is 10.3 Å². The van der Waals surface area contributed by atoms with Gasteiger partial charge in [-0.3, -0.25) is 4.79 Å². The number of benzene rings is 2. The number of sulfone groups is 1. The molecule has 7 nitrogen and oxygen atoms in total. The van der Waals surface area contributed by atoms with Gasteiger partial charge in [0.05, 0.1) is 5.69 Å². The second-order valence-corrected chi connectivity index (χ2v) is 8.82. The molecular weight excluding hydrogens is 400 g/mol. The van der Waals surface area contributed by atoms with Gasteiger partial charge in [-0.15, -0.1) is 5.10 Å². The summed E-state index contributed by atoms with van der Waals surface area (Å²) in [7, 11) is -4.11. The Morgan fingerprint density at radius 1 is 1.00 bits per heavy atom. The topological polar surface area (TPSA) is 91.7 Å². The number of hydrogen-bond acceptors (Lipinski definition) is 6. The molecule has 4 rings (SSSR count). The lowest BCUT2D eigenvalue weighted by Crippen LogP contribution is -2.40. The van der Waals surface area contributed by atoms with Gasteiger partial charge in [-0.25, -0.2) is 18.4 Å². The molecule has 1 aromatic heterocycles. The van der Waals surface area contributed by atoms with E-state index in [1.807, 2.05) is 50.2 Å². The molecule has 0 spiro atoms. The summed E-state index contributed by atoms with van der Waals surface area (Å²) in [6.07, 6.45) is 1.49. The lowest BCUT2D eigenvalue weighted by atomic mass is 10.1. The fraction of sp³-hybridized carbons (Fsp3) is 0.136. The number of nitrogens with zero attached hydrogens (tertiary/aromatic N) is 3. The second kappa shape index (κ2) is 7.72. The molecule has 1 aliphatic rings. The minimum atomic E-state index is -4.11. The molecule has 0 atom stereocenters. The number of hydrogen-bond donors (Lipinski definition) is 1. The molecular formula is C22H20N4O3S. The molecule has 2 aromatic carbocycles. The zero-order valence-corrected chi connectivity index (χ0v) is 17.3. The summed E-state index contributed by atoms with van der Waals surface area (Å²) in [6, 6.07) is 17.9. The number of hydrazone groups is 1. The Morgan fingerprint density at radius 3 is 2.47 bits per heavy atom. The molecule has 3 aromatic rings. The van der Waals surface area contributed by atoms with Gasteiger partial charge in [0.25, 0.3) is 5.91 Å². The van der Waals surface area contributed by atoms with Gasteiger partial charge in [0.1, 0.15) is 4.90 Å².